The van der Waals surface area contributed by atoms with Crippen LogP contribution in [0.1, 0.15) is 16.7 Å². The molecule has 0 aliphatic carbocycles. The molecule has 3 aromatic rings. The number of carbonyl (C=O) groups excluding carboxylic acids is 1. The van der Waals surface area contributed by atoms with Crippen LogP contribution in [0.2, 0.25) is 0 Å². The molecule has 156 valence electrons. The van der Waals surface area contributed by atoms with E-state index in [4.69, 9.17) is 0 Å². The van der Waals surface area contributed by atoms with Gasteiger partial charge in [0.25, 0.3) is 10.0 Å². The van der Waals surface area contributed by atoms with Crippen LogP contribution in [0.25, 0.3) is 0 Å². The lowest BCUT2D eigenvalue weighted by atomic mass is 10.1. The van der Waals surface area contributed by atoms with Gasteiger partial charge < -0.3 is 5.32 Å². The molecule has 0 fully saturated rings. The third-order valence-corrected chi connectivity index (χ3v) is 7.12. The molecule has 30 heavy (non-hydrogen) atoms. The van der Waals surface area contributed by atoms with Crippen molar-refractivity contribution in [2.75, 3.05) is 16.2 Å². The molecule has 3 rings (SSSR count). The third-order valence-electron chi connectivity index (χ3n) is 4.85. The fourth-order valence-corrected chi connectivity index (χ4v) is 4.92. The Morgan fingerprint density at radius 3 is 2.30 bits per heavy atom. The Hall–Kier alpha value is -2.64. The van der Waals surface area contributed by atoms with Crippen LogP contribution in [0.3, 0.4) is 0 Å². The van der Waals surface area contributed by atoms with Gasteiger partial charge in [0.2, 0.25) is 5.91 Å². The van der Waals surface area contributed by atoms with Crippen molar-refractivity contribution in [3.8, 4) is 0 Å². The summed E-state index contributed by atoms with van der Waals surface area (Å²) in [7, 11) is -3.94. The van der Waals surface area contributed by atoms with Gasteiger partial charge in [-0.2, -0.15) is 0 Å². The van der Waals surface area contributed by atoms with Crippen LogP contribution in [-0.2, 0) is 14.8 Å². The third kappa shape index (κ3) is 4.91. The van der Waals surface area contributed by atoms with Gasteiger partial charge in [-0.25, -0.2) is 8.42 Å². The van der Waals surface area contributed by atoms with Gasteiger partial charge >= 0.3 is 0 Å². The predicted octanol–water partition coefficient (Wildman–Crippen LogP) is 5.21. The molecule has 0 saturated carbocycles. The predicted molar refractivity (Wildman–Crippen MR) is 124 cm³/mol. The second kappa shape index (κ2) is 9.02. The van der Waals surface area contributed by atoms with E-state index in [1.807, 2.05) is 32.9 Å². The molecule has 0 heterocycles. The van der Waals surface area contributed by atoms with Crippen LogP contribution in [0, 0.1) is 20.8 Å². The van der Waals surface area contributed by atoms with Gasteiger partial charge in [0, 0.05) is 10.2 Å². The summed E-state index contributed by atoms with van der Waals surface area (Å²) in [5, 5.41) is 2.77. The van der Waals surface area contributed by atoms with Crippen molar-refractivity contribution in [2.24, 2.45) is 0 Å². The molecule has 0 unspecified atom stereocenters. The highest BCUT2D eigenvalue weighted by molar-refractivity contribution is 9.10. The first-order valence-electron chi connectivity index (χ1n) is 9.39. The first kappa shape index (κ1) is 22.1. The van der Waals surface area contributed by atoms with Crippen LogP contribution in [0.4, 0.5) is 11.4 Å². The summed E-state index contributed by atoms with van der Waals surface area (Å²) >= 11 is 3.37. The Morgan fingerprint density at radius 2 is 1.63 bits per heavy atom. The topological polar surface area (TPSA) is 66.5 Å². The van der Waals surface area contributed by atoms with Crippen molar-refractivity contribution in [1.82, 2.24) is 0 Å². The molecule has 5 nitrogen and oxygen atoms in total. The fourth-order valence-electron chi connectivity index (χ4n) is 3.04. The molecule has 0 bridgehead atoms. The number of aryl methyl sites for hydroxylation is 2. The normalized spacial score (nSPS) is 11.2. The first-order valence-corrected chi connectivity index (χ1v) is 11.6. The molecule has 0 aliphatic heterocycles. The number of sulfonamides is 1. The van der Waals surface area contributed by atoms with Gasteiger partial charge in [-0.05, 0) is 68.3 Å². The van der Waals surface area contributed by atoms with Gasteiger partial charge in [-0.1, -0.05) is 51.8 Å². The van der Waals surface area contributed by atoms with Gasteiger partial charge in [0.15, 0.2) is 0 Å². The average molecular weight is 487 g/mol. The number of nitrogens with zero attached hydrogens (tertiary/aromatic N) is 1. The summed E-state index contributed by atoms with van der Waals surface area (Å²) in [4.78, 5) is 12.9. The van der Waals surface area contributed by atoms with E-state index in [0.29, 0.717) is 11.4 Å². The smallest absolute Gasteiger partial charge is 0.264 e. The number of benzene rings is 3. The van der Waals surface area contributed by atoms with Gasteiger partial charge in [-0.3, -0.25) is 9.10 Å². The molecule has 1 N–H and O–H groups in total. The maximum absolute atomic E-state index is 13.5. The lowest BCUT2D eigenvalue weighted by Crippen LogP contribution is -2.38. The molecule has 0 saturated heterocycles. The second-order valence-corrected chi connectivity index (χ2v) is 9.88. The monoisotopic (exact) mass is 486 g/mol. The molecule has 0 aromatic heterocycles. The molecule has 1 amide bonds. The molecule has 7 heteroatoms. The Labute approximate surface area is 185 Å². The minimum absolute atomic E-state index is 0.143. The standard InChI is InChI=1S/C23H23BrN2O3S/c1-16-10-12-21(13-11-16)30(28,29)26(22-9-4-6-17(2)18(22)3)15-23(27)25-20-8-5-7-19(24)14-20/h4-14H,15H2,1-3H3,(H,25,27). The quantitative estimate of drug-likeness (QED) is 0.519. The number of amides is 1. The summed E-state index contributed by atoms with van der Waals surface area (Å²) in [6.07, 6.45) is 0. The zero-order valence-corrected chi connectivity index (χ0v) is 19.4. The number of hydrogen-bond acceptors (Lipinski definition) is 3. The molecular weight excluding hydrogens is 464 g/mol. The molecule has 0 radical (unpaired) electrons. The molecule has 0 atom stereocenters. The van der Waals surface area contributed by atoms with Crippen molar-refractivity contribution < 1.29 is 13.2 Å². The minimum atomic E-state index is -3.94. The van der Waals surface area contributed by atoms with Crippen molar-refractivity contribution in [2.45, 2.75) is 25.7 Å². The van der Waals surface area contributed by atoms with E-state index in [1.54, 1.807) is 54.6 Å². The van der Waals surface area contributed by atoms with Crippen molar-refractivity contribution >= 4 is 43.2 Å². The van der Waals surface area contributed by atoms with Crippen molar-refractivity contribution in [3.05, 3.63) is 87.9 Å². The van der Waals surface area contributed by atoms with E-state index in [-0.39, 0.29) is 11.4 Å². The van der Waals surface area contributed by atoms with Gasteiger partial charge in [0.1, 0.15) is 6.54 Å². The Bertz CT molecular complexity index is 1180. The van der Waals surface area contributed by atoms with Crippen LogP contribution >= 0.6 is 15.9 Å². The Balaban J connectivity index is 2.00. The number of halogens is 1. The fraction of sp³-hybridized carbons (Fsp3) is 0.174. The molecule has 3 aromatic carbocycles. The van der Waals surface area contributed by atoms with Gasteiger partial charge in [-0.15, -0.1) is 0 Å². The first-order chi connectivity index (χ1) is 14.2. The molecule has 0 spiro atoms. The van der Waals surface area contributed by atoms with E-state index in [0.717, 1.165) is 21.2 Å². The van der Waals surface area contributed by atoms with Crippen LogP contribution < -0.4 is 9.62 Å². The van der Waals surface area contributed by atoms with E-state index < -0.39 is 15.9 Å². The Morgan fingerprint density at radius 1 is 0.967 bits per heavy atom. The maximum Gasteiger partial charge on any atom is 0.264 e. The van der Waals surface area contributed by atoms with Crippen molar-refractivity contribution in [1.29, 1.82) is 0 Å². The highest BCUT2D eigenvalue weighted by atomic mass is 79.9. The van der Waals surface area contributed by atoms with Crippen LogP contribution in [-0.4, -0.2) is 20.9 Å². The number of carbonyl (C=O) groups is 1. The zero-order chi connectivity index (χ0) is 21.9. The number of hydrogen-bond donors (Lipinski definition) is 1. The van der Waals surface area contributed by atoms with E-state index in [1.165, 1.54) is 4.31 Å². The number of nitrogens with one attached hydrogen (secondary N) is 1. The van der Waals surface area contributed by atoms with E-state index in [9.17, 15) is 13.2 Å². The SMILES string of the molecule is Cc1ccc(S(=O)(=O)N(CC(=O)Nc2cccc(Br)c2)c2cccc(C)c2C)cc1. The maximum atomic E-state index is 13.5. The largest absolute Gasteiger partial charge is 0.324 e. The zero-order valence-electron chi connectivity index (χ0n) is 17.0. The average Bonchev–Trinajstić information content (AvgIpc) is 2.69. The lowest BCUT2D eigenvalue weighted by Gasteiger charge is -2.26. The van der Waals surface area contributed by atoms with Gasteiger partial charge in [0.05, 0.1) is 10.6 Å². The van der Waals surface area contributed by atoms with Crippen molar-refractivity contribution in [3.63, 3.8) is 0 Å². The molecule has 0 aliphatic rings. The second-order valence-electron chi connectivity index (χ2n) is 7.10. The van der Waals surface area contributed by atoms with E-state index in [2.05, 4.69) is 21.2 Å². The summed E-state index contributed by atoms with van der Waals surface area (Å²) in [6.45, 7) is 5.32. The number of rotatable bonds is 6. The highest BCUT2D eigenvalue weighted by Gasteiger charge is 2.28. The molecular formula is C23H23BrN2O3S. The van der Waals surface area contributed by atoms with Crippen LogP contribution in [0.15, 0.2) is 76.1 Å². The van der Waals surface area contributed by atoms with E-state index >= 15 is 0 Å². The Kier molecular flexibility index (Phi) is 6.63. The summed E-state index contributed by atoms with van der Waals surface area (Å²) in [5.41, 5.74) is 3.79. The van der Waals surface area contributed by atoms with Crippen LogP contribution in [0.5, 0.6) is 0 Å². The number of anilines is 2. The highest BCUT2D eigenvalue weighted by Crippen LogP contribution is 2.29. The lowest BCUT2D eigenvalue weighted by molar-refractivity contribution is -0.114. The summed E-state index contributed by atoms with van der Waals surface area (Å²) in [5.74, 6) is -0.426. The minimum Gasteiger partial charge on any atom is -0.324 e. The summed E-state index contributed by atoms with van der Waals surface area (Å²) < 4.78 is 29.0. The summed E-state index contributed by atoms with van der Waals surface area (Å²) in [6, 6.07) is 19.2.